The number of nitrogens with zero attached hydrogens (tertiary/aromatic N) is 3. The van der Waals surface area contributed by atoms with Crippen molar-refractivity contribution in [2.75, 3.05) is 42.7 Å². The smallest absolute Gasteiger partial charge is 0.235 e. The van der Waals surface area contributed by atoms with Crippen LogP contribution >= 0.6 is 0 Å². The van der Waals surface area contributed by atoms with Gasteiger partial charge in [0.05, 0.1) is 12.3 Å². The summed E-state index contributed by atoms with van der Waals surface area (Å²) in [6.45, 7) is 3.95. The molecule has 0 aliphatic rings. The van der Waals surface area contributed by atoms with Gasteiger partial charge in [0.2, 0.25) is 5.88 Å². The third kappa shape index (κ3) is 4.53. The number of benzene rings is 1. The molecule has 0 amide bonds. The van der Waals surface area contributed by atoms with Crippen molar-refractivity contribution in [1.29, 1.82) is 5.26 Å². The molecule has 6 nitrogen and oxygen atoms in total. The molecule has 1 heterocycles. The number of nitrogens with two attached hydrogens (primary N) is 1. The lowest BCUT2D eigenvalue weighted by Gasteiger charge is -2.19. The second kappa shape index (κ2) is 8.63. The summed E-state index contributed by atoms with van der Waals surface area (Å²) in [4.78, 5) is 6.52. The topological polar surface area (TPSA) is 87.2 Å². The van der Waals surface area contributed by atoms with Crippen molar-refractivity contribution in [3.63, 3.8) is 0 Å². The summed E-state index contributed by atoms with van der Waals surface area (Å²) in [5.74, 6) is 0.904. The first kappa shape index (κ1) is 17.4. The molecular formula is C18H23N5O. The van der Waals surface area contributed by atoms with E-state index in [-0.39, 0.29) is 11.4 Å². The van der Waals surface area contributed by atoms with Crippen LogP contribution in [0.3, 0.4) is 0 Å². The second-order valence-electron chi connectivity index (χ2n) is 5.36. The number of para-hydroxylation sites is 1. The highest BCUT2D eigenvalue weighted by atomic mass is 16.5. The Morgan fingerprint density at radius 2 is 2.08 bits per heavy atom. The molecule has 0 bridgehead atoms. The molecule has 0 saturated heterocycles. The molecule has 3 N–H and O–H groups in total. The number of hydrogen-bond donors (Lipinski definition) is 2. The Morgan fingerprint density at radius 1 is 1.33 bits per heavy atom. The predicted octanol–water partition coefficient (Wildman–Crippen LogP) is 2.87. The highest BCUT2D eigenvalue weighted by molar-refractivity contribution is 5.64. The lowest BCUT2D eigenvalue weighted by Crippen LogP contribution is -2.21. The van der Waals surface area contributed by atoms with E-state index in [2.05, 4.69) is 34.4 Å². The molecule has 0 aliphatic heterocycles. The van der Waals surface area contributed by atoms with Gasteiger partial charge >= 0.3 is 0 Å². The number of ether oxygens (including phenoxy) is 1. The fourth-order valence-corrected chi connectivity index (χ4v) is 2.33. The number of nitrogens with one attached hydrogen (secondary N) is 1. The Bertz CT molecular complexity index is 697. The van der Waals surface area contributed by atoms with Crippen LogP contribution in [-0.2, 0) is 0 Å². The molecule has 0 spiro atoms. The van der Waals surface area contributed by atoms with Crippen molar-refractivity contribution in [1.82, 2.24) is 4.98 Å². The molecular weight excluding hydrogens is 302 g/mol. The van der Waals surface area contributed by atoms with Crippen molar-refractivity contribution >= 4 is 17.2 Å². The van der Waals surface area contributed by atoms with Crippen LogP contribution in [-0.4, -0.2) is 31.7 Å². The Labute approximate surface area is 142 Å². The van der Waals surface area contributed by atoms with E-state index < -0.39 is 0 Å². The number of nitriles is 1. The van der Waals surface area contributed by atoms with Crippen LogP contribution in [0, 0.1) is 11.3 Å². The fourth-order valence-electron chi connectivity index (χ4n) is 2.33. The predicted molar refractivity (Wildman–Crippen MR) is 97.4 cm³/mol. The van der Waals surface area contributed by atoms with Crippen LogP contribution in [0.4, 0.5) is 17.2 Å². The lowest BCUT2D eigenvalue weighted by atomic mass is 10.2. The molecule has 0 unspecified atom stereocenters. The molecule has 2 aromatic rings. The maximum Gasteiger partial charge on any atom is 0.235 e. The lowest BCUT2D eigenvalue weighted by molar-refractivity contribution is 0.326. The molecule has 6 heteroatoms. The summed E-state index contributed by atoms with van der Waals surface area (Å²) in [5.41, 5.74) is 7.75. The zero-order valence-corrected chi connectivity index (χ0v) is 14.1. The van der Waals surface area contributed by atoms with Gasteiger partial charge in [0.15, 0.2) is 0 Å². The number of nitrogen functional groups attached to an aromatic ring is 1. The molecule has 126 valence electrons. The van der Waals surface area contributed by atoms with Gasteiger partial charge in [-0.25, -0.2) is 0 Å². The first-order chi connectivity index (χ1) is 11.7. The van der Waals surface area contributed by atoms with Crippen LogP contribution in [0.25, 0.3) is 0 Å². The number of pyridine rings is 1. The van der Waals surface area contributed by atoms with Crippen LogP contribution < -0.4 is 20.7 Å². The largest absolute Gasteiger partial charge is 0.477 e. The van der Waals surface area contributed by atoms with Crippen molar-refractivity contribution in [2.24, 2.45) is 0 Å². The summed E-state index contributed by atoms with van der Waals surface area (Å²) in [6.07, 6.45) is 0.941. The quantitative estimate of drug-likeness (QED) is 0.726. The molecule has 0 saturated carbocycles. The summed E-state index contributed by atoms with van der Waals surface area (Å²) >= 11 is 0. The monoisotopic (exact) mass is 325 g/mol. The van der Waals surface area contributed by atoms with Gasteiger partial charge in [-0.1, -0.05) is 18.2 Å². The molecule has 1 aromatic heterocycles. The highest BCUT2D eigenvalue weighted by Gasteiger charge is 2.11. The van der Waals surface area contributed by atoms with Crippen LogP contribution in [0.5, 0.6) is 5.88 Å². The van der Waals surface area contributed by atoms with Gasteiger partial charge in [-0.2, -0.15) is 10.2 Å². The molecule has 0 radical (unpaired) electrons. The molecule has 0 aliphatic carbocycles. The van der Waals surface area contributed by atoms with Crippen molar-refractivity contribution < 1.29 is 4.74 Å². The van der Waals surface area contributed by atoms with E-state index in [1.165, 1.54) is 5.69 Å². The van der Waals surface area contributed by atoms with Crippen molar-refractivity contribution in [3.05, 3.63) is 42.0 Å². The fraction of sp³-hybridized carbons (Fsp3) is 0.333. The number of anilines is 3. The van der Waals surface area contributed by atoms with Gasteiger partial charge in [-0.3, -0.25) is 0 Å². The van der Waals surface area contributed by atoms with E-state index in [1.54, 1.807) is 6.07 Å². The molecule has 24 heavy (non-hydrogen) atoms. The van der Waals surface area contributed by atoms with Crippen LogP contribution in [0.15, 0.2) is 36.4 Å². The summed E-state index contributed by atoms with van der Waals surface area (Å²) in [7, 11) is 2.07. The summed E-state index contributed by atoms with van der Waals surface area (Å²) < 4.78 is 5.39. The van der Waals surface area contributed by atoms with Crippen LogP contribution in [0.2, 0.25) is 0 Å². The molecule has 1 aromatic carbocycles. The minimum atomic E-state index is 0.281. The highest BCUT2D eigenvalue weighted by Crippen LogP contribution is 2.25. The SMILES string of the molecule is CCOc1nc(NCCCN(C)c2ccccc2)cc(N)c1C#N. The van der Waals surface area contributed by atoms with Gasteiger partial charge in [0.1, 0.15) is 17.5 Å². The van der Waals surface area contributed by atoms with Gasteiger partial charge in [-0.15, -0.1) is 0 Å². The van der Waals surface area contributed by atoms with Gasteiger partial charge < -0.3 is 20.7 Å². The molecule has 0 fully saturated rings. The standard InChI is InChI=1S/C18H23N5O/c1-3-24-18-15(13-19)16(20)12-17(22-18)21-10-7-11-23(2)14-8-5-4-6-9-14/h4-6,8-9,12H,3,7,10-11H2,1-2H3,(H3,20,21,22). The minimum absolute atomic E-state index is 0.281. The van der Waals surface area contributed by atoms with Crippen LogP contribution in [0.1, 0.15) is 18.9 Å². The van der Waals surface area contributed by atoms with Crippen molar-refractivity contribution in [2.45, 2.75) is 13.3 Å². The third-order valence-corrected chi connectivity index (χ3v) is 3.58. The first-order valence-electron chi connectivity index (χ1n) is 7.99. The zero-order valence-electron chi connectivity index (χ0n) is 14.1. The second-order valence-corrected chi connectivity index (χ2v) is 5.36. The Hall–Kier alpha value is -2.94. The van der Waals surface area contributed by atoms with E-state index in [0.717, 1.165) is 19.5 Å². The minimum Gasteiger partial charge on any atom is -0.477 e. The van der Waals surface area contributed by atoms with E-state index in [1.807, 2.05) is 31.2 Å². The van der Waals surface area contributed by atoms with Gasteiger partial charge in [0.25, 0.3) is 0 Å². The molecule has 0 atom stereocenters. The zero-order chi connectivity index (χ0) is 17.4. The Kier molecular flexibility index (Phi) is 6.26. The third-order valence-electron chi connectivity index (χ3n) is 3.58. The van der Waals surface area contributed by atoms with E-state index in [9.17, 15) is 0 Å². The normalized spacial score (nSPS) is 10.0. The number of aromatic nitrogens is 1. The van der Waals surface area contributed by atoms with E-state index in [4.69, 9.17) is 15.7 Å². The first-order valence-corrected chi connectivity index (χ1v) is 7.99. The van der Waals surface area contributed by atoms with E-state index >= 15 is 0 Å². The summed E-state index contributed by atoms with van der Waals surface area (Å²) in [6, 6.07) is 13.9. The van der Waals surface area contributed by atoms with Crippen molar-refractivity contribution in [3.8, 4) is 11.9 Å². The average Bonchev–Trinajstić information content (AvgIpc) is 2.59. The number of hydrogen-bond acceptors (Lipinski definition) is 6. The Morgan fingerprint density at radius 3 is 2.75 bits per heavy atom. The average molecular weight is 325 g/mol. The molecule has 2 rings (SSSR count). The van der Waals surface area contributed by atoms with E-state index in [0.29, 0.717) is 18.1 Å². The number of rotatable bonds is 8. The summed E-state index contributed by atoms with van der Waals surface area (Å²) in [5, 5.41) is 12.4. The Balaban J connectivity index is 1.89. The van der Waals surface area contributed by atoms with Gasteiger partial charge in [-0.05, 0) is 25.5 Å². The maximum atomic E-state index is 9.12. The van der Waals surface area contributed by atoms with Gasteiger partial charge in [0, 0.05) is 31.9 Å². The maximum absolute atomic E-state index is 9.12.